The Balaban J connectivity index is 1.60. The van der Waals surface area contributed by atoms with E-state index in [4.69, 9.17) is 14.7 Å². The maximum atomic E-state index is 10.4. The first-order chi connectivity index (χ1) is 14.8. The lowest BCUT2D eigenvalue weighted by molar-refractivity contribution is -0.0298. The highest BCUT2D eigenvalue weighted by Crippen LogP contribution is 2.34. The molecule has 1 saturated heterocycles. The molecule has 2 aromatic heterocycles. The highest BCUT2D eigenvalue weighted by atomic mass is 32.2. The molecule has 0 aliphatic carbocycles. The maximum Gasteiger partial charge on any atom is 0.167 e. The van der Waals surface area contributed by atoms with Crippen LogP contribution in [0, 0.1) is 0 Å². The van der Waals surface area contributed by atoms with Gasteiger partial charge in [0.2, 0.25) is 0 Å². The van der Waals surface area contributed by atoms with E-state index in [1.165, 1.54) is 5.56 Å². The Labute approximate surface area is 179 Å². The number of imidazole rings is 1. The molecule has 0 radical (unpaired) electrons. The summed E-state index contributed by atoms with van der Waals surface area (Å²) in [6.45, 7) is 0.747. The van der Waals surface area contributed by atoms with Gasteiger partial charge in [-0.3, -0.25) is 4.57 Å². The van der Waals surface area contributed by atoms with Crippen LogP contribution in [0.15, 0.2) is 66.0 Å². The zero-order chi connectivity index (χ0) is 20.3. The molecular weight excluding hydrogens is 396 g/mol. The first-order valence-electron chi connectivity index (χ1n) is 10.1. The smallest absolute Gasteiger partial charge is 0.167 e. The van der Waals surface area contributed by atoms with Crippen LogP contribution in [0.3, 0.4) is 0 Å². The summed E-state index contributed by atoms with van der Waals surface area (Å²) in [6, 6.07) is 17.4. The Bertz CT molecular complexity index is 1160. The van der Waals surface area contributed by atoms with Crippen molar-refractivity contribution in [3.8, 4) is 17.1 Å². The number of phenols is 1. The minimum Gasteiger partial charge on any atom is -0.507 e. The Kier molecular flexibility index (Phi) is 5.38. The monoisotopic (exact) mass is 418 g/mol. The predicted molar refractivity (Wildman–Crippen MR) is 117 cm³/mol. The Morgan fingerprint density at radius 1 is 1.03 bits per heavy atom. The SMILES string of the molecule is Oc1ccccc1-c1nc(SCc2ccccc2)c2ncn(C3CCCCO3)c2n1. The first kappa shape index (κ1) is 19.1. The van der Waals surface area contributed by atoms with E-state index in [9.17, 15) is 5.11 Å². The number of para-hydroxylation sites is 1. The second kappa shape index (κ2) is 8.45. The molecule has 0 spiro atoms. The van der Waals surface area contributed by atoms with Gasteiger partial charge < -0.3 is 9.84 Å². The third-order valence-electron chi connectivity index (χ3n) is 5.22. The topological polar surface area (TPSA) is 73.1 Å². The fraction of sp³-hybridized carbons (Fsp3) is 0.261. The zero-order valence-electron chi connectivity index (χ0n) is 16.4. The van der Waals surface area contributed by atoms with Gasteiger partial charge in [0.25, 0.3) is 0 Å². The number of benzene rings is 2. The number of hydrogen-bond acceptors (Lipinski definition) is 6. The van der Waals surface area contributed by atoms with E-state index in [1.54, 1.807) is 30.2 Å². The number of aromatic hydroxyl groups is 1. The molecule has 2 aromatic carbocycles. The molecule has 4 aromatic rings. The summed E-state index contributed by atoms with van der Waals surface area (Å²) in [5.74, 6) is 1.43. The van der Waals surface area contributed by atoms with Crippen LogP contribution in [-0.4, -0.2) is 31.2 Å². The Morgan fingerprint density at radius 2 is 1.87 bits per heavy atom. The quantitative estimate of drug-likeness (QED) is 0.355. The van der Waals surface area contributed by atoms with E-state index >= 15 is 0 Å². The average molecular weight is 419 g/mol. The van der Waals surface area contributed by atoms with Gasteiger partial charge in [0.1, 0.15) is 22.5 Å². The normalized spacial score (nSPS) is 16.7. The van der Waals surface area contributed by atoms with Crippen LogP contribution < -0.4 is 0 Å². The second-order valence-electron chi connectivity index (χ2n) is 7.29. The molecule has 5 rings (SSSR count). The van der Waals surface area contributed by atoms with Crippen molar-refractivity contribution in [3.05, 3.63) is 66.5 Å². The van der Waals surface area contributed by atoms with Crippen LogP contribution in [0.1, 0.15) is 31.1 Å². The molecule has 0 bridgehead atoms. The van der Waals surface area contributed by atoms with Gasteiger partial charge in [-0.2, -0.15) is 0 Å². The molecule has 152 valence electrons. The third-order valence-corrected chi connectivity index (χ3v) is 6.25. The molecule has 6 nitrogen and oxygen atoms in total. The van der Waals surface area contributed by atoms with Gasteiger partial charge >= 0.3 is 0 Å². The summed E-state index contributed by atoms with van der Waals surface area (Å²) in [5, 5.41) is 11.2. The predicted octanol–water partition coefficient (Wildman–Crippen LogP) is 5.19. The highest BCUT2D eigenvalue weighted by Gasteiger charge is 2.22. The Hall–Kier alpha value is -2.90. The molecule has 1 fully saturated rings. The van der Waals surface area contributed by atoms with E-state index in [0.29, 0.717) is 11.4 Å². The lowest BCUT2D eigenvalue weighted by Crippen LogP contribution is -2.17. The molecule has 30 heavy (non-hydrogen) atoms. The molecule has 1 unspecified atom stereocenters. The number of fused-ring (bicyclic) bond motifs is 1. The van der Waals surface area contributed by atoms with Crippen LogP contribution in [0.4, 0.5) is 0 Å². The fourth-order valence-corrected chi connectivity index (χ4v) is 4.58. The third kappa shape index (κ3) is 3.78. The molecule has 0 saturated carbocycles. The molecule has 1 atom stereocenters. The van der Waals surface area contributed by atoms with Crippen molar-refractivity contribution < 1.29 is 9.84 Å². The number of thioether (sulfide) groups is 1. The summed E-state index contributed by atoms with van der Waals surface area (Å²) in [7, 11) is 0. The van der Waals surface area contributed by atoms with Crippen molar-refractivity contribution in [2.24, 2.45) is 0 Å². The number of rotatable bonds is 5. The molecular formula is C23H22N4O2S. The van der Waals surface area contributed by atoms with Gasteiger partial charge in [0.05, 0.1) is 11.9 Å². The zero-order valence-corrected chi connectivity index (χ0v) is 17.3. The average Bonchev–Trinajstić information content (AvgIpc) is 3.23. The van der Waals surface area contributed by atoms with E-state index in [-0.39, 0.29) is 12.0 Å². The molecule has 3 heterocycles. The Morgan fingerprint density at radius 3 is 2.67 bits per heavy atom. The summed E-state index contributed by atoms with van der Waals surface area (Å²) < 4.78 is 7.98. The van der Waals surface area contributed by atoms with Gasteiger partial charge in [-0.05, 0) is 37.0 Å². The molecule has 1 aliphatic rings. The largest absolute Gasteiger partial charge is 0.507 e. The number of aromatic nitrogens is 4. The van der Waals surface area contributed by atoms with E-state index in [1.807, 2.05) is 34.9 Å². The van der Waals surface area contributed by atoms with E-state index < -0.39 is 0 Å². The van der Waals surface area contributed by atoms with Crippen molar-refractivity contribution in [2.75, 3.05) is 6.61 Å². The van der Waals surface area contributed by atoms with E-state index in [2.05, 4.69) is 17.1 Å². The molecule has 1 N–H and O–H groups in total. The van der Waals surface area contributed by atoms with Crippen LogP contribution in [0.25, 0.3) is 22.6 Å². The van der Waals surface area contributed by atoms with Crippen molar-refractivity contribution in [3.63, 3.8) is 0 Å². The van der Waals surface area contributed by atoms with E-state index in [0.717, 1.165) is 47.8 Å². The van der Waals surface area contributed by atoms with Gasteiger partial charge in [-0.25, -0.2) is 15.0 Å². The van der Waals surface area contributed by atoms with Crippen LogP contribution in [-0.2, 0) is 10.5 Å². The van der Waals surface area contributed by atoms with Gasteiger partial charge in [0, 0.05) is 12.4 Å². The lowest BCUT2D eigenvalue weighted by Gasteiger charge is -2.23. The van der Waals surface area contributed by atoms with Crippen molar-refractivity contribution in [2.45, 2.75) is 36.3 Å². The molecule has 7 heteroatoms. The van der Waals surface area contributed by atoms with Crippen molar-refractivity contribution in [1.29, 1.82) is 0 Å². The molecule has 1 aliphatic heterocycles. The maximum absolute atomic E-state index is 10.4. The minimum absolute atomic E-state index is 0.0668. The van der Waals surface area contributed by atoms with Crippen molar-refractivity contribution >= 4 is 22.9 Å². The van der Waals surface area contributed by atoms with Crippen LogP contribution in [0.2, 0.25) is 0 Å². The highest BCUT2D eigenvalue weighted by molar-refractivity contribution is 7.98. The fourth-order valence-electron chi connectivity index (χ4n) is 3.65. The number of phenolic OH excluding ortho intramolecular Hbond substituents is 1. The minimum atomic E-state index is -0.0668. The van der Waals surface area contributed by atoms with Crippen LogP contribution >= 0.6 is 11.8 Å². The number of ether oxygens (including phenoxy) is 1. The van der Waals surface area contributed by atoms with Gasteiger partial charge in [-0.1, -0.05) is 54.2 Å². The second-order valence-corrected chi connectivity index (χ2v) is 8.25. The standard InChI is InChI=1S/C23H22N4O2S/c28-18-11-5-4-10-17(18)21-25-22-20(24-15-27(22)19-12-6-7-13-29-19)23(26-21)30-14-16-8-2-1-3-9-16/h1-5,8-11,15,19,28H,6-7,12-14H2. The summed E-state index contributed by atoms with van der Waals surface area (Å²) in [4.78, 5) is 14.2. The molecule has 0 amide bonds. The van der Waals surface area contributed by atoms with Crippen LogP contribution in [0.5, 0.6) is 5.75 Å². The summed E-state index contributed by atoms with van der Waals surface area (Å²) in [5.41, 5.74) is 3.33. The summed E-state index contributed by atoms with van der Waals surface area (Å²) in [6.07, 6.45) is 4.88. The number of hydrogen-bond donors (Lipinski definition) is 1. The first-order valence-corrected chi connectivity index (χ1v) is 11.1. The lowest BCUT2D eigenvalue weighted by atomic mass is 10.2. The van der Waals surface area contributed by atoms with Crippen molar-refractivity contribution in [1.82, 2.24) is 19.5 Å². The summed E-state index contributed by atoms with van der Waals surface area (Å²) >= 11 is 1.63. The number of nitrogens with zero attached hydrogens (tertiary/aromatic N) is 4. The van der Waals surface area contributed by atoms with Gasteiger partial charge in [-0.15, -0.1) is 0 Å². The van der Waals surface area contributed by atoms with Gasteiger partial charge in [0.15, 0.2) is 11.5 Å².